The monoisotopic (exact) mass is 674 g/mol. The highest BCUT2D eigenvalue weighted by molar-refractivity contribution is 6.21. The predicted molar refractivity (Wildman–Crippen MR) is 224 cm³/mol. The minimum atomic E-state index is -0.0454. The molecular weight excluding hydrogens is 625 g/mol. The number of fused-ring (bicyclic) bond motifs is 8. The van der Waals surface area contributed by atoms with E-state index in [1.54, 1.807) is 11.1 Å². The molecule has 0 heterocycles. The van der Waals surface area contributed by atoms with Crippen LogP contribution in [0.4, 0.5) is 0 Å². The van der Waals surface area contributed by atoms with E-state index in [-0.39, 0.29) is 10.8 Å². The number of rotatable bonds is 10. The summed E-state index contributed by atoms with van der Waals surface area (Å²) in [6, 6.07) is 51.4. The lowest BCUT2D eigenvalue weighted by molar-refractivity contribution is 0.405. The summed E-state index contributed by atoms with van der Waals surface area (Å²) in [5.41, 5.74) is 16.9. The van der Waals surface area contributed by atoms with Crippen LogP contribution in [0.25, 0.3) is 66.1 Å². The normalized spacial score (nSPS) is 14.7. The van der Waals surface area contributed by atoms with Crippen molar-refractivity contribution < 1.29 is 0 Å². The van der Waals surface area contributed by atoms with Crippen LogP contribution in [-0.2, 0) is 10.8 Å². The molecule has 0 unspecified atom stereocenters. The van der Waals surface area contributed by atoms with Gasteiger partial charge in [-0.05, 0) is 113 Å². The Hall–Kier alpha value is -4.94. The van der Waals surface area contributed by atoms with Crippen molar-refractivity contribution in [2.45, 2.75) is 89.9 Å². The van der Waals surface area contributed by atoms with Gasteiger partial charge in [-0.1, -0.05) is 188 Å². The smallest absolute Gasteiger partial charge is 0.0215 e. The molecule has 2 aliphatic rings. The lowest BCUT2D eigenvalue weighted by Gasteiger charge is -2.33. The van der Waals surface area contributed by atoms with Crippen LogP contribution in [0.3, 0.4) is 0 Å². The first-order valence-corrected chi connectivity index (χ1v) is 19.9. The van der Waals surface area contributed by atoms with Crippen molar-refractivity contribution in [3.63, 3.8) is 0 Å². The van der Waals surface area contributed by atoms with Crippen molar-refractivity contribution in [1.29, 1.82) is 0 Å². The molecule has 0 aliphatic heterocycles. The lowest BCUT2D eigenvalue weighted by atomic mass is 9.70. The second-order valence-corrected chi connectivity index (χ2v) is 16.1. The van der Waals surface area contributed by atoms with Crippen molar-refractivity contribution in [3.8, 4) is 44.5 Å². The predicted octanol–water partition coefficient (Wildman–Crippen LogP) is 15.1. The molecule has 0 fully saturated rings. The van der Waals surface area contributed by atoms with Gasteiger partial charge in [-0.3, -0.25) is 0 Å². The summed E-state index contributed by atoms with van der Waals surface area (Å²) in [5.74, 6) is 0. The fourth-order valence-electron chi connectivity index (χ4n) is 10.2. The summed E-state index contributed by atoms with van der Waals surface area (Å²) in [6.45, 7) is 9.44. The van der Waals surface area contributed by atoms with Gasteiger partial charge in [0, 0.05) is 10.8 Å². The molecule has 0 aromatic heterocycles. The van der Waals surface area contributed by atoms with E-state index in [0.717, 1.165) is 0 Å². The molecule has 52 heavy (non-hydrogen) atoms. The molecule has 2 aliphatic carbocycles. The van der Waals surface area contributed by atoms with Crippen molar-refractivity contribution in [1.82, 2.24) is 0 Å². The van der Waals surface area contributed by atoms with Crippen LogP contribution < -0.4 is 0 Å². The maximum absolute atomic E-state index is 2.62. The van der Waals surface area contributed by atoms with Crippen molar-refractivity contribution in [2.75, 3.05) is 0 Å². The minimum absolute atomic E-state index is 0.0454. The Labute approximate surface area is 310 Å². The first kappa shape index (κ1) is 32.9. The van der Waals surface area contributed by atoms with Crippen LogP contribution in [0.2, 0.25) is 0 Å². The lowest BCUT2D eigenvalue weighted by Crippen LogP contribution is -2.25. The molecule has 0 amide bonds. The second-order valence-electron chi connectivity index (χ2n) is 16.1. The van der Waals surface area contributed by atoms with Crippen LogP contribution in [0.5, 0.6) is 0 Å². The fourth-order valence-corrected chi connectivity index (χ4v) is 10.2. The van der Waals surface area contributed by atoms with Crippen molar-refractivity contribution in [2.24, 2.45) is 0 Å². The molecule has 0 spiro atoms. The van der Waals surface area contributed by atoms with E-state index in [4.69, 9.17) is 0 Å². The van der Waals surface area contributed by atoms with E-state index in [2.05, 4.69) is 161 Å². The zero-order valence-electron chi connectivity index (χ0n) is 31.4. The summed E-state index contributed by atoms with van der Waals surface area (Å²) >= 11 is 0. The molecule has 0 heteroatoms. The van der Waals surface area contributed by atoms with Gasteiger partial charge in [-0.2, -0.15) is 0 Å². The molecule has 7 aromatic rings. The van der Waals surface area contributed by atoms with Gasteiger partial charge in [-0.25, -0.2) is 0 Å². The quantitative estimate of drug-likeness (QED) is 0.100. The van der Waals surface area contributed by atoms with Gasteiger partial charge in [0.15, 0.2) is 0 Å². The van der Waals surface area contributed by atoms with E-state index < -0.39 is 0 Å². The zero-order valence-corrected chi connectivity index (χ0v) is 31.4. The van der Waals surface area contributed by atoms with Crippen LogP contribution in [-0.4, -0.2) is 0 Å². The SMILES string of the molecule is CCCCCC1(CCCCC)c2ccccc2-c2ccc(-c3c4ccccc4c(-c4ccc5c(c4)C(C)(C)c4ccccc4-5)c4ccccc34)cc21. The van der Waals surface area contributed by atoms with Crippen LogP contribution in [0.1, 0.15) is 101 Å². The van der Waals surface area contributed by atoms with Crippen molar-refractivity contribution >= 4 is 21.5 Å². The molecular formula is C52H50. The number of benzene rings is 7. The van der Waals surface area contributed by atoms with E-state index in [0.29, 0.717) is 0 Å². The second kappa shape index (κ2) is 12.9. The Kier molecular flexibility index (Phi) is 8.19. The van der Waals surface area contributed by atoms with Crippen LogP contribution in [0, 0.1) is 0 Å². The third-order valence-electron chi connectivity index (χ3n) is 12.8. The highest BCUT2D eigenvalue weighted by atomic mass is 14.5. The maximum Gasteiger partial charge on any atom is 0.0215 e. The van der Waals surface area contributed by atoms with Crippen molar-refractivity contribution in [3.05, 3.63) is 156 Å². The third-order valence-corrected chi connectivity index (χ3v) is 12.8. The Balaban J connectivity index is 1.26. The van der Waals surface area contributed by atoms with Gasteiger partial charge in [0.05, 0.1) is 0 Å². The molecule has 0 atom stereocenters. The van der Waals surface area contributed by atoms with Crippen LogP contribution >= 0.6 is 0 Å². The Morgan fingerprint density at radius 1 is 0.385 bits per heavy atom. The van der Waals surface area contributed by atoms with Gasteiger partial charge in [0.25, 0.3) is 0 Å². The summed E-state index contributed by atoms with van der Waals surface area (Å²) in [5, 5.41) is 5.31. The van der Waals surface area contributed by atoms with Gasteiger partial charge < -0.3 is 0 Å². The molecule has 0 radical (unpaired) electrons. The topological polar surface area (TPSA) is 0 Å². The molecule has 7 aromatic carbocycles. The average molecular weight is 675 g/mol. The minimum Gasteiger partial charge on any atom is -0.0654 e. The first-order chi connectivity index (χ1) is 25.5. The van der Waals surface area contributed by atoms with Gasteiger partial charge in [0.1, 0.15) is 0 Å². The van der Waals surface area contributed by atoms with E-state index in [9.17, 15) is 0 Å². The van der Waals surface area contributed by atoms with E-state index in [1.165, 1.54) is 129 Å². The highest BCUT2D eigenvalue weighted by Crippen LogP contribution is 2.56. The maximum atomic E-state index is 2.62. The summed E-state index contributed by atoms with van der Waals surface area (Å²) in [7, 11) is 0. The molecule has 0 saturated carbocycles. The molecule has 0 saturated heterocycles. The zero-order chi connectivity index (χ0) is 35.5. The summed E-state index contributed by atoms with van der Waals surface area (Å²) in [4.78, 5) is 0. The fraction of sp³-hybridized carbons (Fsp3) is 0.269. The van der Waals surface area contributed by atoms with E-state index in [1.807, 2.05) is 0 Å². The number of hydrogen-bond acceptors (Lipinski definition) is 0. The molecule has 0 bridgehead atoms. The standard InChI is InChI=1S/C52H50/c1-5-7-17-31-52(32-18-8-6-2)46-26-16-14-20-38(46)40-30-28-36(34-48(40)52)50-43-23-11-9-21-41(43)49(42-22-10-12-24-44(42)50)35-27-29-39-37-19-13-15-25-45(37)51(3,4)47(39)33-35/h9-16,19-30,33-34H,5-8,17-18,31-32H2,1-4H3. The molecule has 0 N–H and O–H groups in total. The molecule has 9 rings (SSSR count). The van der Waals surface area contributed by atoms with Gasteiger partial charge in [-0.15, -0.1) is 0 Å². The molecule has 258 valence electrons. The number of unbranched alkanes of at least 4 members (excludes halogenated alkanes) is 4. The van der Waals surface area contributed by atoms with Gasteiger partial charge in [0.2, 0.25) is 0 Å². The van der Waals surface area contributed by atoms with Crippen LogP contribution in [0.15, 0.2) is 133 Å². The summed E-state index contributed by atoms with van der Waals surface area (Å²) in [6.07, 6.45) is 10.0. The Morgan fingerprint density at radius 3 is 1.31 bits per heavy atom. The van der Waals surface area contributed by atoms with E-state index >= 15 is 0 Å². The third kappa shape index (κ3) is 4.94. The highest BCUT2D eigenvalue weighted by Gasteiger charge is 2.42. The Morgan fingerprint density at radius 2 is 0.788 bits per heavy atom. The average Bonchev–Trinajstić information content (AvgIpc) is 3.58. The van der Waals surface area contributed by atoms with Gasteiger partial charge >= 0.3 is 0 Å². The largest absolute Gasteiger partial charge is 0.0654 e. The summed E-state index contributed by atoms with van der Waals surface area (Å²) < 4.78 is 0. The molecule has 0 nitrogen and oxygen atoms in total. The number of hydrogen-bond donors (Lipinski definition) is 0. The first-order valence-electron chi connectivity index (χ1n) is 19.9. The Bertz CT molecular complexity index is 2410.